The van der Waals surface area contributed by atoms with Gasteiger partial charge in [-0.2, -0.15) is 0 Å². The van der Waals surface area contributed by atoms with Gasteiger partial charge in [-0.1, -0.05) is 12.2 Å². The molecule has 1 fully saturated rings. The Bertz CT molecular complexity index is 374. The van der Waals surface area contributed by atoms with Gasteiger partial charge in [-0.05, 0) is 23.5 Å². The number of carbonyl (C=O) groups excluding carboxylic acids is 1. The second kappa shape index (κ2) is 3.23. The summed E-state index contributed by atoms with van der Waals surface area (Å²) in [4.78, 5) is 16.3. The van der Waals surface area contributed by atoms with Crippen molar-refractivity contribution in [2.45, 2.75) is 12.5 Å². The van der Waals surface area contributed by atoms with Crippen LogP contribution in [-0.2, 0) is 4.79 Å². The van der Waals surface area contributed by atoms with Crippen molar-refractivity contribution < 1.29 is 4.79 Å². The second-order valence-corrected chi connectivity index (χ2v) is 4.96. The molecule has 78 valence electrons. The van der Waals surface area contributed by atoms with Crippen LogP contribution >= 0.6 is 11.8 Å². The molecule has 1 amide bonds. The summed E-state index contributed by atoms with van der Waals surface area (Å²) in [6.45, 7) is 0.729. The predicted octanol–water partition coefficient (Wildman–Crippen LogP) is 1.34. The number of amides is 1. The highest BCUT2D eigenvalue weighted by molar-refractivity contribution is 8.04. The van der Waals surface area contributed by atoms with Crippen LogP contribution in [0.4, 0.5) is 0 Å². The minimum atomic E-state index is -0.400. The molecule has 0 saturated carbocycles. The van der Waals surface area contributed by atoms with Gasteiger partial charge >= 0.3 is 0 Å². The number of carbonyl (C=O) groups is 1. The monoisotopic (exact) mass is 220 g/mol. The van der Waals surface area contributed by atoms with E-state index in [2.05, 4.69) is 10.3 Å². The number of fused-ring (bicyclic) bond motifs is 2. The first kappa shape index (κ1) is 9.21. The van der Waals surface area contributed by atoms with Gasteiger partial charge in [0.15, 0.2) is 0 Å². The standard InChI is InChI=1S/C11H12N2OS/c14-10-11(2-5-15-6-3-11)8-1-4-12-7-9(8)13-10/h2-6,8-9H,1,7H2,(H,13,14). The van der Waals surface area contributed by atoms with Crippen LogP contribution < -0.4 is 5.32 Å². The molecule has 4 heteroatoms. The highest BCUT2D eigenvalue weighted by atomic mass is 32.2. The Morgan fingerprint density at radius 3 is 3.07 bits per heavy atom. The summed E-state index contributed by atoms with van der Waals surface area (Å²) in [5.41, 5.74) is -0.400. The highest BCUT2D eigenvalue weighted by Crippen LogP contribution is 2.44. The third-order valence-corrected chi connectivity index (χ3v) is 4.03. The normalized spacial score (nSPS) is 35.6. The largest absolute Gasteiger partial charge is 0.350 e. The quantitative estimate of drug-likeness (QED) is 0.669. The maximum absolute atomic E-state index is 12.0. The molecule has 3 heterocycles. The molecule has 0 aromatic rings. The van der Waals surface area contributed by atoms with E-state index < -0.39 is 5.41 Å². The van der Waals surface area contributed by atoms with E-state index in [1.54, 1.807) is 11.8 Å². The van der Waals surface area contributed by atoms with Crippen LogP contribution in [0.5, 0.6) is 0 Å². The minimum absolute atomic E-state index is 0.135. The van der Waals surface area contributed by atoms with Gasteiger partial charge in [-0.3, -0.25) is 9.79 Å². The minimum Gasteiger partial charge on any atom is -0.350 e. The molecule has 1 spiro atoms. The number of hydrogen-bond acceptors (Lipinski definition) is 3. The van der Waals surface area contributed by atoms with Crippen molar-refractivity contribution in [2.75, 3.05) is 6.54 Å². The first-order valence-corrected chi connectivity index (χ1v) is 6.07. The van der Waals surface area contributed by atoms with Crippen LogP contribution in [-0.4, -0.2) is 24.7 Å². The average Bonchev–Trinajstić information content (AvgIpc) is 2.55. The molecule has 2 atom stereocenters. The van der Waals surface area contributed by atoms with E-state index in [4.69, 9.17) is 0 Å². The molecule has 1 N–H and O–H groups in total. The number of rotatable bonds is 0. The SMILES string of the molecule is O=C1NC2CN=CCC2C12C=CSC=C2. The zero-order chi connectivity index (χ0) is 10.3. The molecular formula is C11H12N2OS. The van der Waals surface area contributed by atoms with Crippen molar-refractivity contribution >= 4 is 23.9 Å². The predicted molar refractivity (Wildman–Crippen MR) is 61.7 cm³/mol. The van der Waals surface area contributed by atoms with Gasteiger partial charge in [0.1, 0.15) is 0 Å². The molecule has 0 aliphatic carbocycles. The third kappa shape index (κ3) is 1.21. The molecule has 2 unspecified atom stereocenters. The van der Waals surface area contributed by atoms with Crippen LogP contribution in [0.15, 0.2) is 28.0 Å². The van der Waals surface area contributed by atoms with E-state index in [0.717, 1.165) is 13.0 Å². The van der Waals surface area contributed by atoms with E-state index in [9.17, 15) is 4.79 Å². The molecule has 3 aliphatic heterocycles. The van der Waals surface area contributed by atoms with Gasteiger partial charge in [0.05, 0.1) is 18.0 Å². The molecule has 3 aliphatic rings. The van der Waals surface area contributed by atoms with Crippen molar-refractivity contribution in [3.63, 3.8) is 0 Å². The van der Waals surface area contributed by atoms with Gasteiger partial charge in [-0.25, -0.2) is 0 Å². The van der Waals surface area contributed by atoms with Crippen molar-refractivity contribution in [2.24, 2.45) is 16.3 Å². The van der Waals surface area contributed by atoms with Gasteiger partial charge in [0, 0.05) is 5.92 Å². The fourth-order valence-corrected chi connectivity index (χ4v) is 3.31. The highest BCUT2D eigenvalue weighted by Gasteiger charge is 2.52. The third-order valence-electron chi connectivity index (χ3n) is 3.44. The lowest BCUT2D eigenvalue weighted by atomic mass is 9.73. The summed E-state index contributed by atoms with van der Waals surface area (Å²) in [6.07, 6.45) is 6.92. The van der Waals surface area contributed by atoms with Crippen LogP contribution in [0.2, 0.25) is 0 Å². The zero-order valence-electron chi connectivity index (χ0n) is 8.22. The number of aliphatic imine (C=N–C) groups is 1. The van der Waals surface area contributed by atoms with Crippen LogP contribution in [0.1, 0.15) is 6.42 Å². The fraction of sp³-hybridized carbons (Fsp3) is 0.455. The van der Waals surface area contributed by atoms with Gasteiger partial charge in [0.2, 0.25) is 5.91 Å². The molecule has 0 radical (unpaired) electrons. The summed E-state index contributed by atoms with van der Waals surface area (Å²) in [6, 6.07) is 0.222. The number of nitrogens with one attached hydrogen (secondary N) is 1. The van der Waals surface area contributed by atoms with Crippen molar-refractivity contribution in [1.29, 1.82) is 0 Å². The molecule has 0 aromatic heterocycles. The van der Waals surface area contributed by atoms with E-state index in [-0.39, 0.29) is 11.9 Å². The molecule has 15 heavy (non-hydrogen) atoms. The number of thioether (sulfide) groups is 1. The lowest BCUT2D eigenvalue weighted by molar-refractivity contribution is -0.124. The molecule has 0 bridgehead atoms. The Hall–Kier alpha value is -1.03. The summed E-state index contributed by atoms with van der Waals surface area (Å²) < 4.78 is 0. The number of hydrogen-bond donors (Lipinski definition) is 1. The first-order valence-electron chi connectivity index (χ1n) is 5.13. The van der Waals surface area contributed by atoms with Gasteiger partial charge < -0.3 is 5.32 Å². The molecule has 3 rings (SSSR count). The maximum atomic E-state index is 12.0. The van der Waals surface area contributed by atoms with E-state index in [1.807, 2.05) is 29.2 Å². The Morgan fingerprint density at radius 2 is 2.27 bits per heavy atom. The Labute approximate surface area is 92.7 Å². The lowest BCUT2D eigenvalue weighted by Crippen LogP contribution is -2.35. The van der Waals surface area contributed by atoms with Crippen LogP contribution in [0, 0.1) is 11.3 Å². The average molecular weight is 220 g/mol. The van der Waals surface area contributed by atoms with Crippen LogP contribution in [0.25, 0.3) is 0 Å². The molecule has 0 aromatic carbocycles. The second-order valence-electron chi connectivity index (χ2n) is 4.14. The van der Waals surface area contributed by atoms with E-state index in [1.165, 1.54) is 0 Å². The zero-order valence-corrected chi connectivity index (χ0v) is 9.04. The van der Waals surface area contributed by atoms with Gasteiger partial charge in [0.25, 0.3) is 0 Å². The van der Waals surface area contributed by atoms with Crippen molar-refractivity contribution in [3.05, 3.63) is 23.0 Å². The first-order chi connectivity index (χ1) is 7.33. The Balaban J connectivity index is 2.03. The maximum Gasteiger partial charge on any atom is 0.234 e. The molecular weight excluding hydrogens is 208 g/mol. The Kier molecular flexibility index (Phi) is 1.99. The number of nitrogens with zero attached hydrogens (tertiary/aromatic N) is 1. The van der Waals surface area contributed by atoms with Crippen LogP contribution in [0.3, 0.4) is 0 Å². The smallest absolute Gasteiger partial charge is 0.234 e. The summed E-state index contributed by atoms with van der Waals surface area (Å²) in [5.74, 6) is 0.478. The summed E-state index contributed by atoms with van der Waals surface area (Å²) in [5, 5.41) is 7.07. The fourth-order valence-electron chi connectivity index (χ4n) is 2.61. The molecule has 3 nitrogen and oxygen atoms in total. The van der Waals surface area contributed by atoms with Crippen molar-refractivity contribution in [3.8, 4) is 0 Å². The molecule has 1 saturated heterocycles. The van der Waals surface area contributed by atoms with Crippen molar-refractivity contribution in [1.82, 2.24) is 5.32 Å². The van der Waals surface area contributed by atoms with Gasteiger partial charge in [-0.15, -0.1) is 11.8 Å². The summed E-state index contributed by atoms with van der Waals surface area (Å²) >= 11 is 1.62. The topological polar surface area (TPSA) is 41.5 Å². The lowest BCUT2D eigenvalue weighted by Gasteiger charge is -2.30. The Morgan fingerprint density at radius 1 is 1.47 bits per heavy atom. The van der Waals surface area contributed by atoms with E-state index >= 15 is 0 Å². The summed E-state index contributed by atoms with van der Waals surface area (Å²) in [7, 11) is 0. The van der Waals surface area contributed by atoms with E-state index in [0.29, 0.717) is 5.92 Å².